The number of imide groups is 1. The van der Waals surface area contributed by atoms with Crippen LogP contribution in [0.5, 0.6) is 0 Å². The van der Waals surface area contributed by atoms with Gasteiger partial charge in [-0.2, -0.15) is 0 Å². The van der Waals surface area contributed by atoms with Crippen molar-refractivity contribution in [3.63, 3.8) is 0 Å². The molecule has 0 aliphatic carbocycles. The zero-order valence-electron chi connectivity index (χ0n) is 8.45. The van der Waals surface area contributed by atoms with Crippen molar-refractivity contribution in [2.24, 2.45) is 5.92 Å². The molecular formula is C11H15NO2. The minimum atomic E-state index is -0.194. The van der Waals surface area contributed by atoms with Crippen LogP contribution >= 0.6 is 0 Å². The lowest BCUT2D eigenvalue weighted by molar-refractivity contribution is -0.138. The highest BCUT2D eigenvalue weighted by atomic mass is 16.2. The second-order valence-corrected chi connectivity index (χ2v) is 3.69. The summed E-state index contributed by atoms with van der Waals surface area (Å²) in [6, 6.07) is 0. The van der Waals surface area contributed by atoms with Gasteiger partial charge in [0.1, 0.15) is 0 Å². The third kappa shape index (κ3) is 2.10. The maximum absolute atomic E-state index is 11.7. The Balaban J connectivity index is 2.68. The first kappa shape index (κ1) is 10.7. The quantitative estimate of drug-likeness (QED) is 0.501. The second-order valence-electron chi connectivity index (χ2n) is 3.69. The molecule has 0 aromatic rings. The van der Waals surface area contributed by atoms with Gasteiger partial charge in [0, 0.05) is 13.0 Å². The molecule has 1 aliphatic heterocycles. The van der Waals surface area contributed by atoms with Crippen molar-refractivity contribution in [3.05, 3.63) is 24.8 Å². The van der Waals surface area contributed by atoms with Gasteiger partial charge < -0.3 is 0 Å². The molecule has 1 heterocycles. The van der Waals surface area contributed by atoms with E-state index in [-0.39, 0.29) is 17.7 Å². The van der Waals surface area contributed by atoms with E-state index in [1.54, 1.807) is 6.08 Å². The SMILES string of the molecule is C=CCN1C(=O)CC(CC(=C)C)C1=O. The summed E-state index contributed by atoms with van der Waals surface area (Å²) < 4.78 is 0. The molecule has 3 nitrogen and oxygen atoms in total. The van der Waals surface area contributed by atoms with Crippen molar-refractivity contribution in [2.45, 2.75) is 19.8 Å². The van der Waals surface area contributed by atoms with Crippen molar-refractivity contribution in [2.75, 3.05) is 6.54 Å². The summed E-state index contributed by atoms with van der Waals surface area (Å²) in [5.41, 5.74) is 0.941. The van der Waals surface area contributed by atoms with Crippen LogP contribution in [-0.2, 0) is 9.59 Å². The van der Waals surface area contributed by atoms with Crippen molar-refractivity contribution in [1.29, 1.82) is 0 Å². The molecule has 1 aliphatic rings. The van der Waals surface area contributed by atoms with Crippen LogP contribution in [-0.4, -0.2) is 23.3 Å². The van der Waals surface area contributed by atoms with Crippen LogP contribution in [0.1, 0.15) is 19.8 Å². The zero-order chi connectivity index (χ0) is 10.7. The number of rotatable bonds is 4. The monoisotopic (exact) mass is 193 g/mol. The predicted octanol–water partition coefficient (Wildman–Crippen LogP) is 1.51. The molecule has 0 aromatic carbocycles. The van der Waals surface area contributed by atoms with Crippen molar-refractivity contribution in [3.8, 4) is 0 Å². The van der Waals surface area contributed by atoms with Crippen LogP contribution in [0.2, 0.25) is 0 Å². The number of amides is 2. The summed E-state index contributed by atoms with van der Waals surface area (Å²) in [6.07, 6.45) is 2.50. The van der Waals surface area contributed by atoms with E-state index in [4.69, 9.17) is 0 Å². The second kappa shape index (κ2) is 4.22. The molecule has 1 unspecified atom stereocenters. The summed E-state index contributed by atoms with van der Waals surface area (Å²) >= 11 is 0. The molecule has 2 amide bonds. The third-order valence-corrected chi connectivity index (χ3v) is 2.24. The van der Waals surface area contributed by atoms with E-state index in [2.05, 4.69) is 13.2 Å². The first-order valence-corrected chi connectivity index (χ1v) is 4.65. The fourth-order valence-electron chi connectivity index (χ4n) is 1.65. The molecule has 0 N–H and O–H groups in total. The maximum Gasteiger partial charge on any atom is 0.233 e. The number of hydrogen-bond acceptors (Lipinski definition) is 2. The fourth-order valence-corrected chi connectivity index (χ4v) is 1.65. The number of hydrogen-bond donors (Lipinski definition) is 0. The highest BCUT2D eigenvalue weighted by Gasteiger charge is 2.37. The van der Waals surface area contributed by atoms with Crippen molar-refractivity contribution in [1.82, 2.24) is 4.90 Å². The van der Waals surface area contributed by atoms with Crippen LogP contribution < -0.4 is 0 Å². The average molecular weight is 193 g/mol. The number of likely N-dealkylation sites (tertiary alicyclic amines) is 1. The Morgan fingerprint density at radius 1 is 1.64 bits per heavy atom. The summed E-state index contributed by atoms with van der Waals surface area (Å²) in [6.45, 7) is 9.46. The molecule has 0 bridgehead atoms. The van der Waals surface area contributed by atoms with Crippen molar-refractivity contribution >= 4 is 11.8 Å². The van der Waals surface area contributed by atoms with Gasteiger partial charge in [-0.3, -0.25) is 14.5 Å². The first-order chi connectivity index (χ1) is 6.56. The Morgan fingerprint density at radius 3 is 2.79 bits per heavy atom. The molecule has 1 rings (SSSR count). The van der Waals surface area contributed by atoms with Gasteiger partial charge in [-0.1, -0.05) is 11.6 Å². The van der Waals surface area contributed by atoms with Gasteiger partial charge in [0.15, 0.2) is 0 Å². The molecule has 0 spiro atoms. The molecule has 0 radical (unpaired) electrons. The molecular weight excluding hydrogens is 178 g/mol. The lowest BCUT2D eigenvalue weighted by atomic mass is 10.00. The highest BCUT2D eigenvalue weighted by Crippen LogP contribution is 2.24. The Kier molecular flexibility index (Phi) is 3.23. The largest absolute Gasteiger partial charge is 0.278 e. The van der Waals surface area contributed by atoms with Gasteiger partial charge >= 0.3 is 0 Å². The van der Waals surface area contributed by atoms with E-state index < -0.39 is 0 Å². The number of allylic oxidation sites excluding steroid dienone is 1. The Morgan fingerprint density at radius 2 is 2.29 bits per heavy atom. The molecule has 1 fully saturated rings. The summed E-state index contributed by atoms with van der Waals surface area (Å²) in [5, 5.41) is 0. The fraction of sp³-hybridized carbons (Fsp3) is 0.455. The minimum Gasteiger partial charge on any atom is -0.278 e. The molecule has 0 saturated carbocycles. The normalized spacial score (nSPS) is 21.5. The number of carbonyl (C=O) groups is 2. The lowest BCUT2D eigenvalue weighted by Crippen LogP contribution is -2.30. The summed E-state index contributed by atoms with van der Waals surface area (Å²) in [5.74, 6) is -0.376. The number of carbonyl (C=O) groups excluding carboxylic acids is 2. The predicted molar refractivity (Wildman–Crippen MR) is 54.5 cm³/mol. The average Bonchev–Trinajstić information content (AvgIpc) is 2.32. The van der Waals surface area contributed by atoms with E-state index in [9.17, 15) is 9.59 Å². The van der Waals surface area contributed by atoms with E-state index >= 15 is 0 Å². The molecule has 76 valence electrons. The summed E-state index contributed by atoms with van der Waals surface area (Å²) in [4.78, 5) is 24.3. The third-order valence-electron chi connectivity index (χ3n) is 2.24. The first-order valence-electron chi connectivity index (χ1n) is 4.65. The minimum absolute atomic E-state index is 0.0853. The van der Waals surface area contributed by atoms with Crippen LogP contribution in [0.3, 0.4) is 0 Å². The molecule has 14 heavy (non-hydrogen) atoms. The van der Waals surface area contributed by atoms with E-state index in [0.29, 0.717) is 19.4 Å². The smallest absolute Gasteiger partial charge is 0.233 e. The molecule has 1 saturated heterocycles. The molecule has 0 aromatic heterocycles. The van der Waals surface area contributed by atoms with Gasteiger partial charge in [0.25, 0.3) is 0 Å². The maximum atomic E-state index is 11.7. The molecule has 1 atom stereocenters. The van der Waals surface area contributed by atoms with Gasteiger partial charge in [-0.15, -0.1) is 13.2 Å². The van der Waals surface area contributed by atoms with E-state index in [0.717, 1.165) is 5.57 Å². The summed E-state index contributed by atoms with van der Waals surface area (Å²) in [7, 11) is 0. The van der Waals surface area contributed by atoms with Gasteiger partial charge in [-0.25, -0.2) is 0 Å². The van der Waals surface area contributed by atoms with E-state index in [1.165, 1.54) is 4.90 Å². The van der Waals surface area contributed by atoms with Gasteiger partial charge in [0.05, 0.1) is 5.92 Å². The standard InChI is InChI=1S/C11H15NO2/c1-4-5-12-10(13)7-9(11(12)14)6-8(2)3/h4,9H,1-2,5-7H2,3H3. The Bertz CT molecular complexity index is 294. The topological polar surface area (TPSA) is 37.4 Å². The highest BCUT2D eigenvalue weighted by molar-refractivity contribution is 6.03. The Labute approximate surface area is 84.1 Å². The van der Waals surface area contributed by atoms with Crippen LogP contribution in [0.4, 0.5) is 0 Å². The van der Waals surface area contributed by atoms with Gasteiger partial charge in [-0.05, 0) is 13.3 Å². The number of nitrogens with zero attached hydrogens (tertiary/aromatic N) is 1. The van der Waals surface area contributed by atoms with Crippen LogP contribution in [0.25, 0.3) is 0 Å². The van der Waals surface area contributed by atoms with Crippen LogP contribution in [0, 0.1) is 5.92 Å². The van der Waals surface area contributed by atoms with Crippen LogP contribution in [0.15, 0.2) is 24.8 Å². The Hall–Kier alpha value is -1.38. The molecule has 3 heteroatoms. The van der Waals surface area contributed by atoms with Crippen molar-refractivity contribution < 1.29 is 9.59 Å². The van der Waals surface area contributed by atoms with E-state index in [1.807, 2.05) is 6.92 Å². The zero-order valence-corrected chi connectivity index (χ0v) is 8.45. The van der Waals surface area contributed by atoms with Gasteiger partial charge in [0.2, 0.25) is 11.8 Å². The lowest BCUT2D eigenvalue weighted by Gasteiger charge is -2.11.